The van der Waals surface area contributed by atoms with Crippen LogP contribution >= 0.6 is 0 Å². The SMILES string of the molecule is C=CCOC(=O)Cc1c(C)[nH]c2ccc(OC)c(F)c12. The van der Waals surface area contributed by atoms with E-state index < -0.39 is 11.8 Å². The lowest BCUT2D eigenvalue weighted by molar-refractivity contribution is -0.141. The first kappa shape index (κ1) is 14.1. The summed E-state index contributed by atoms with van der Waals surface area (Å²) in [6, 6.07) is 3.27. The molecule has 2 aromatic rings. The molecule has 2 rings (SSSR count). The number of H-pyrrole nitrogens is 1. The van der Waals surface area contributed by atoms with Crippen LogP contribution in [0.4, 0.5) is 4.39 Å². The van der Waals surface area contributed by atoms with Crippen LogP contribution in [0.5, 0.6) is 5.75 Å². The molecule has 1 heterocycles. The molecule has 0 radical (unpaired) electrons. The van der Waals surface area contributed by atoms with Crippen LogP contribution in [0, 0.1) is 12.7 Å². The number of aromatic amines is 1. The number of rotatable bonds is 5. The smallest absolute Gasteiger partial charge is 0.310 e. The second kappa shape index (κ2) is 5.77. The third-order valence-electron chi connectivity index (χ3n) is 3.09. The van der Waals surface area contributed by atoms with E-state index in [9.17, 15) is 9.18 Å². The maximum Gasteiger partial charge on any atom is 0.310 e. The summed E-state index contributed by atoms with van der Waals surface area (Å²) in [5.74, 6) is -0.741. The number of aryl methyl sites for hydroxylation is 1. The number of hydrogen-bond acceptors (Lipinski definition) is 3. The van der Waals surface area contributed by atoms with Gasteiger partial charge in [-0.15, -0.1) is 0 Å². The van der Waals surface area contributed by atoms with Gasteiger partial charge in [0, 0.05) is 16.6 Å². The summed E-state index contributed by atoms with van der Waals surface area (Å²) in [4.78, 5) is 14.8. The van der Waals surface area contributed by atoms with Crippen LogP contribution in [0.2, 0.25) is 0 Å². The molecule has 20 heavy (non-hydrogen) atoms. The van der Waals surface area contributed by atoms with Gasteiger partial charge in [0.1, 0.15) is 6.61 Å². The van der Waals surface area contributed by atoms with Gasteiger partial charge in [-0.25, -0.2) is 4.39 Å². The van der Waals surface area contributed by atoms with Gasteiger partial charge in [-0.05, 0) is 24.6 Å². The molecule has 5 heteroatoms. The summed E-state index contributed by atoms with van der Waals surface area (Å²) in [6.07, 6.45) is 1.49. The van der Waals surface area contributed by atoms with E-state index in [2.05, 4.69) is 11.6 Å². The maximum absolute atomic E-state index is 14.3. The molecule has 1 aromatic carbocycles. The highest BCUT2D eigenvalue weighted by molar-refractivity contribution is 5.90. The second-order valence-electron chi connectivity index (χ2n) is 4.38. The van der Waals surface area contributed by atoms with Gasteiger partial charge in [0.2, 0.25) is 0 Å². The fourth-order valence-electron chi connectivity index (χ4n) is 2.15. The van der Waals surface area contributed by atoms with Crippen LogP contribution < -0.4 is 4.74 Å². The van der Waals surface area contributed by atoms with Crippen molar-refractivity contribution in [2.24, 2.45) is 0 Å². The number of carbonyl (C=O) groups is 1. The van der Waals surface area contributed by atoms with Gasteiger partial charge < -0.3 is 14.5 Å². The van der Waals surface area contributed by atoms with E-state index in [0.717, 1.165) is 5.69 Å². The van der Waals surface area contributed by atoms with Crippen molar-refractivity contribution in [1.82, 2.24) is 4.98 Å². The van der Waals surface area contributed by atoms with Gasteiger partial charge in [0.05, 0.1) is 13.5 Å². The zero-order valence-electron chi connectivity index (χ0n) is 11.5. The van der Waals surface area contributed by atoms with Crippen molar-refractivity contribution in [3.63, 3.8) is 0 Å². The zero-order valence-corrected chi connectivity index (χ0v) is 11.5. The molecule has 0 aliphatic heterocycles. The summed E-state index contributed by atoms with van der Waals surface area (Å²) in [5.41, 5.74) is 1.96. The molecule has 0 unspecified atom stereocenters. The standard InChI is InChI=1S/C15H16FNO3/c1-4-7-20-13(18)8-10-9(2)17-11-5-6-12(19-3)15(16)14(10)11/h4-6,17H,1,7-8H2,2-3H3. The second-order valence-corrected chi connectivity index (χ2v) is 4.38. The molecular formula is C15H16FNO3. The molecule has 0 spiro atoms. The normalized spacial score (nSPS) is 10.6. The summed E-state index contributed by atoms with van der Waals surface area (Å²) in [6.45, 7) is 5.41. The summed E-state index contributed by atoms with van der Waals surface area (Å²) in [7, 11) is 1.40. The molecule has 1 N–H and O–H groups in total. The number of halogens is 1. The third kappa shape index (κ3) is 2.52. The van der Waals surface area contributed by atoms with E-state index >= 15 is 0 Å². The lowest BCUT2D eigenvalue weighted by atomic mass is 10.1. The highest BCUT2D eigenvalue weighted by atomic mass is 19.1. The van der Waals surface area contributed by atoms with Crippen LogP contribution in [0.1, 0.15) is 11.3 Å². The van der Waals surface area contributed by atoms with Crippen molar-refractivity contribution in [3.8, 4) is 5.75 Å². The number of ether oxygens (including phenoxy) is 2. The zero-order chi connectivity index (χ0) is 14.7. The monoisotopic (exact) mass is 277 g/mol. The van der Waals surface area contributed by atoms with Crippen molar-refractivity contribution in [2.45, 2.75) is 13.3 Å². The van der Waals surface area contributed by atoms with Crippen LogP contribution in [-0.4, -0.2) is 24.7 Å². The Bertz CT molecular complexity index is 661. The number of carbonyl (C=O) groups excluding carboxylic acids is 1. The van der Waals surface area contributed by atoms with Gasteiger partial charge >= 0.3 is 5.97 Å². The molecule has 0 amide bonds. The molecule has 0 saturated carbocycles. The summed E-state index contributed by atoms with van der Waals surface area (Å²) < 4.78 is 24.2. The average molecular weight is 277 g/mol. The van der Waals surface area contributed by atoms with E-state index in [-0.39, 0.29) is 18.8 Å². The molecule has 0 atom stereocenters. The summed E-state index contributed by atoms with van der Waals surface area (Å²) >= 11 is 0. The third-order valence-corrected chi connectivity index (χ3v) is 3.09. The van der Waals surface area contributed by atoms with E-state index in [1.54, 1.807) is 19.1 Å². The lowest BCUT2D eigenvalue weighted by Gasteiger charge is -2.05. The molecular weight excluding hydrogens is 261 g/mol. The van der Waals surface area contributed by atoms with E-state index in [1.807, 2.05) is 0 Å². The van der Waals surface area contributed by atoms with Crippen LogP contribution in [0.25, 0.3) is 10.9 Å². The molecule has 0 saturated heterocycles. The van der Waals surface area contributed by atoms with Crippen LogP contribution in [-0.2, 0) is 16.0 Å². The van der Waals surface area contributed by atoms with E-state index in [4.69, 9.17) is 9.47 Å². The Balaban J connectivity index is 2.44. The van der Waals surface area contributed by atoms with Crippen LogP contribution in [0.3, 0.4) is 0 Å². The van der Waals surface area contributed by atoms with Gasteiger partial charge in [0.15, 0.2) is 11.6 Å². The highest BCUT2D eigenvalue weighted by Crippen LogP contribution is 2.31. The predicted molar refractivity (Wildman–Crippen MR) is 74.4 cm³/mol. The number of methoxy groups -OCH3 is 1. The fraction of sp³-hybridized carbons (Fsp3) is 0.267. The number of aromatic nitrogens is 1. The first-order chi connectivity index (χ1) is 9.58. The van der Waals surface area contributed by atoms with Crippen molar-refractivity contribution in [3.05, 3.63) is 41.9 Å². The number of hydrogen-bond donors (Lipinski definition) is 1. The number of benzene rings is 1. The molecule has 4 nitrogen and oxygen atoms in total. The Morgan fingerprint density at radius 3 is 2.90 bits per heavy atom. The Morgan fingerprint density at radius 1 is 1.50 bits per heavy atom. The molecule has 1 aromatic heterocycles. The van der Waals surface area contributed by atoms with E-state index in [1.165, 1.54) is 13.2 Å². The lowest BCUT2D eigenvalue weighted by Crippen LogP contribution is -2.08. The Morgan fingerprint density at radius 2 is 2.25 bits per heavy atom. The minimum absolute atomic E-state index is 0.00373. The van der Waals surface area contributed by atoms with Crippen molar-refractivity contribution in [2.75, 3.05) is 13.7 Å². The fourth-order valence-corrected chi connectivity index (χ4v) is 2.15. The Hall–Kier alpha value is -2.30. The van der Waals surface area contributed by atoms with E-state index in [0.29, 0.717) is 16.5 Å². The van der Waals surface area contributed by atoms with Gasteiger partial charge in [-0.3, -0.25) is 4.79 Å². The number of fused-ring (bicyclic) bond motifs is 1. The molecule has 0 fully saturated rings. The van der Waals surface area contributed by atoms with Crippen molar-refractivity contribution >= 4 is 16.9 Å². The van der Waals surface area contributed by atoms with Crippen LogP contribution in [0.15, 0.2) is 24.8 Å². The minimum Gasteiger partial charge on any atom is -0.494 e. The van der Waals surface area contributed by atoms with Crippen molar-refractivity contribution in [1.29, 1.82) is 0 Å². The predicted octanol–water partition coefficient (Wildman–Crippen LogP) is 2.90. The first-order valence-electron chi connectivity index (χ1n) is 6.18. The number of nitrogens with one attached hydrogen (secondary N) is 1. The average Bonchev–Trinajstić information content (AvgIpc) is 2.74. The first-order valence-corrected chi connectivity index (χ1v) is 6.18. The molecule has 0 bridgehead atoms. The Kier molecular flexibility index (Phi) is 4.08. The largest absolute Gasteiger partial charge is 0.494 e. The topological polar surface area (TPSA) is 51.3 Å². The van der Waals surface area contributed by atoms with Crippen molar-refractivity contribution < 1.29 is 18.7 Å². The minimum atomic E-state index is -0.471. The van der Waals surface area contributed by atoms with Gasteiger partial charge in [-0.2, -0.15) is 0 Å². The van der Waals surface area contributed by atoms with Gasteiger partial charge in [0.25, 0.3) is 0 Å². The maximum atomic E-state index is 14.3. The molecule has 0 aliphatic carbocycles. The number of esters is 1. The Labute approximate surface area is 116 Å². The summed E-state index contributed by atoms with van der Waals surface area (Å²) in [5, 5.41) is 0.373. The molecule has 0 aliphatic rings. The quantitative estimate of drug-likeness (QED) is 0.675. The van der Waals surface area contributed by atoms with Gasteiger partial charge in [-0.1, -0.05) is 12.7 Å². The molecule has 106 valence electrons. The highest BCUT2D eigenvalue weighted by Gasteiger charge is 2.18.